The van der Waals surface area contributed by atoms with E-state index in [-0.39, 0.29) is 23.8 Å². The first-order chi connectivity index (χ1) is 13.0. The van der Waals surface area contributed by atoms with Gasteiger partial charge in [-0.3, -0.25) is 4.79 Å². The summed E-state index contributed by atoms with van der Waals surface area (Å²) in [7, 11) is 1.87. The van der Waals surface area contributed by atoms with E-state index in [4.69, 9.17) is 4.74 Å². The zero-order valence-electron chi connectivity index (χ0n) is 14.9. The van der Waals surface area contributed by atoms with Gasteiger partial charge < -0.3 is 14.6 Å². The number of nitrogens with one attached hydrogen (secondary N) is 1. The molecule has 0 radical (unpaired) electrons. The fraction of sp³-hybridized carbons (Fsp3) is 0.368. The molecule has 2 heterocycles. The Morgan fingerprint density at radius 1 is 1.15 bits per heavy atom. The van der Waals surface area contributed by atoms with Crippen molar-refractivity contribution in [3.63, 3.8) is 0 Å². The van der Waals surface area contributed by atoms with Gasteiger partial charge in [-0.2, -0.15) is 5.10 Å². The van der Waals surface area contributed by atoms with Crippen LogP contribution in [0.2, 0.25) is 0 Å². The van der Waals surface area contributed by atoms with Gasteiger partial charge in [0.2, 0.25) is 0 Å². The zero-order chi connectivity index (χ0) is 19.0. The van der Waals surface area contributed by atoms with Gasteiger partial charge >= 0.3 is 0 Å². The Balaban J connectivity index is 1.34. The number of aryl methyl sites for hydroxylation is 1. The molecule has 0 aliphatic heterocycles. The predicted octanol–water partition coefficient (Wildman–Crippen LogP) is 3.07. The minimum Gasteiger partial charge on any atom is -0.490 e. The normalized spacial score (nSPS) is 20.0. The number of nitrogens with zero attached hydrogens (tertiary/aromatic N) is 3. The van der Waals surface area contributed by atoms with Crippen LogP contribution in [-0.4, -0.2) is 32.2 Å². The van der Waals surface area contributed by atoms with Gasteiger partial charge in [-0.1, -0.05) is 0 Å². The molecule has 27 heavy (non-hydrogen) atoms. The summed E-state index contributed by atoms with van der Waals surface area (Å²) in [5.41, 5.74) is 1.29. The van der Waals surface area contributed by atoms with Crippen LogP contribution in [0.25, 0.3) is 5.65 Å². The lowest BCUT2D eigenvalue weighted by Crippen LogP contribution is -2.39. The highest BCUT2D eigenvalue weighted by Crippen LogP contribution is 2.25. The maximum Gasteiger partial charge on any atom is 0.256 e. The average molecular weight is 374 g/mol. The van der Waals surface area contributed by atoms with Gasteiger partial charge in [-0.15, -0.1) is 0 Å². The van der Waals surface area contributed by atoms with Gasteiger partial charge in [-0.25, -0.2) is 13.3 Å². The second kappa shape index (κ2) is 7.02. The summed E-state index contributed by atoms with van der Waals surface area (Å²) < 4.78 is 35.7. The smallest absolute Gasteiger partial charge is 0.256 e. The Bertz CT molecular complexity index is 953. The molecule has 1 fully saturated rings. The fourth-order valence-electron chi connectivity index (χ4n) is 3.59. The fourth-order valence-corrected chi connectivity index (χ4v) is 3.59. The average Bonchev–Trinajstić information content (AvgIpc) is 3.19. The number of carbonyl (C=O) groups excluding carboxylic acids is 1. The van der Waals surface area contributed by atoms with E-state index in [1.165, 1.54) is 12.1 Å². The number of fused-ring (bicyclic) bond motifs is 1. The summed E-state index contributed by atoms with van der Waals surface area (Å²) in [5, 5.41) is 7.23. The first kappa shape index (κ1) is 17.5. The number of hydrogen-bond acceptors (Lipinski definition) is 3. The molecule has 1 N–H and O–H groups in total. The molecule has 3 aromatic rings. The van der Waals surface area contributed by atoms with E-state index in [2.05, 4.69) is 10.4 Å². The quantitative estimate of drug-likeness (QED) is 0.764. The first-order valence-electron chi connectivity index (χ1n) is 8.92. The SMILES string of the molecule is Cn1ccn2ncc(C(=O)NC3CCC(Oc4cc(F)cc(F)c4)CC3)c12. The second-order valence-electron chi connectivity index (χ2n) is 6.91. The zero-order valence-corrected chi connectivity index (χ0v) is 14.9. The Hall–Kier alpha value is -2.90. The van der Waals surface area contributed by atoms with Crippen LogP contribution in [0.15, 0.2) is 36.8 Å². The molecule has 0 saturated heterocycles. The molecule has 2 aromatic heterocycles. The summed E-state index contributed by atoms with van der Waals surface area (Å²) >= 11 is 0. The number of halogens is 2. The standard InChI is InChI=1S/C19H20F2N4O2/c1-24-6-7-25-19(24)17(11-22-25)18(26)23-14-2-4-15(5-3-14)27-16-9-12(20)8-13(21)10-16/h6-11,14-15H,2-5H2,1H3,(H,23,26). The van der Waals surface area contributed by atoms with Crippen LogP contribution in [0.3, 0.4) is 0 Å². The van der Waals surface area contributed by atoms with E-state index < -0.39 is 11.6 Å². The lowest BCUT2D eigenvalue weighted by molar-refractivity contribution is 0.0894. The molecule has 6 nitrogen and oxygen atoms in total. The number of benzene rings is 1. The maximum absolute atomic E-state index is 13.3. The summed E-state index contributed by atoms with van der Waals surface area (Å²) in [4.78, 5) is 12.6. The summed E-state index contributed by atoms with van der Waals surface area (Å²) in [5.74, 6) is -1.26. The highest BCUT2D eigenvalue weighted by atomic mass is 19.1. The number of aromatic nitrogens is 3. The summed E-state index contributed by atoms with van der Waals surface area (Å²) in [6, 6.07) is 3.22. The van der Waals surface area contributed by atoms with Crippen LogP contribution in [0.4, 0.5) is 8.78 Å². The largest absolute Gasteiger partial charge is 0.490 e. The number of imidazole rings is 1. The molecule has 1 aliphatic carbocycles. The Labute approximate surface area is 154 Å². The Morgan fingerprint density at radius 2 is 1.85 bits per heavy atom. The molecule has 1 amide bonds. The van der Waals surface area contributed by atoms with Gasteiger partial charge in [0, 0.05) is 43.7 Å². The van der Waals surface area contributed by atoms with Crippen molar-refractivity contribution >= 4 is 11.6 Å². The molecule has 142 valence electrons. The predicted molar refractivity (Wildman–Crippen MR) is 94.7 cm³/mol. The molecule has 4 rings (SSSR count). The maximum atomic E-state index is 13.3. The van der Waals surface area contributed by atoms with Crippen molar-refractivity contribution < 1.29 is 18.3 Å². The van der Waals surface area contributed by atoms with Crippen molar-refractivity contribution in [2.45, 2.75) is 37.8 Å². The highest BCUT2D eigenvalue weighted by Gasteiger charge is 2.25. The lowest BCUT2D eigenvalue weighted by Gasteiger charge is -2.29. The minimum atomic E-state index is -0.654. The second-order valence-corrected chi connectivity index (χ2v) is 6.91. The van der Waals surface area contributed by atoms with Crippen LogP contribution >= 0.6 is 0 Å². The number of carbonyl (C=O) groups is 1. The van der Waals surface area contributed by atoms with Gasteiger partial charge in [0.05, 0.1) is 12.3 Å². The Morgan fingerprint density at radius 3 is 2.56 bits per heavy atom. The van der Waals surface area contributed by atoms with Crippen molar-refractivity contribution in [3.8, 4) is 5.75 Å². The number of rotatable bonds is 4. The molecular formula is C19H20F2N4O2. The van der Waals surface area contributed by atoms with E-state index in [1.807, 2.05) is 17.8 Å². The summed E-state index contributed by atoms with van der Waals surface area (Å²) in [6.07, 6.45) is 7.99. The molecule has 0 bridgehead atoms. The van der Waals surface area contributed by atoms with E-state index >= 15 is 0 Å². The van der Waals surface area contributed by atoms with Crippen LogP contribution in [-0.2, 0) is 7.05 Å². The highest BCUT2D eigenvalue weighted by molar-refractivity contribution is 5.99. The third-order valence-corrected chi connectivity index (χ3v) is 4.93. The topological polar surface area (TPSA) is 60.6 Å². The number of amides is 1. The molecule has 0 unspecified atom stereocenters. The molecule has 1 saturated carbocycles. The van der Waals surface area contributed by atoms with Crippen LogP contribution in [0.5, 0.6) is 5.75 Å². The molecule has 8 heteroatoms. The van der Waals surface area contributed by atoms with E-state index in [9.17, 15) is 13.6 Å². The summed E-state index contributed by atoms with van der Waals surface area (Å²) in [6.45, 7) is 0. The van der Waals surface area contributed by atoms with Gasteiger partial charge in [0.25, 0.3) is 5.91 Å². The number of hydrogen-bond donors (Lipinski definition) is 1. The Kier molecular flexibility index (Phi) is 4.55. The van der Waals surface area contributed by atoms with Crippen molar-refractivity contribution in [3.05, 3.63) is 54.0 Å². The third-order valence-electron chi connectivity index (χ3n) is 4.93. The van der Waals surface area contributed by atoms with Crippen LogP contribution in [0, 0.1) is 11.6 Å². The van der Waals surface area contributed by atoms with Gasteiger partial charge in [0.1, 0.15) is 28.6 Å². The van der Waals surface area contributed by atoms with Gasteiger partial charge in [-0.05, 0) is 25.7 Å². The van der Waals surface area contributed by atoms with Gasteiger partial charge in [0.15, 0.2) is 0 Å². The lowest BCUT2D eigenvalue weighted by atomic mass is 9.92. The molecule has 1 aromatic carbocycles. The van der Waals surface area contributed by atoms with Crippen molar-refractivity contribution in [2.24, 2.45) is 7.05 Å². The van der Waals surface area contributed by atoms with Crippen LogP contribution < -0.4 is 10.1 Å². The first-order valence-corrected chi connectivity index (χ1v) is 8.92. The molecule has 0 atom stereocenters. The van der Waals surface area contributed by atoms with Crippen molar-refractivity contribution in [1.82, 2.24) is 19.5 Å². The molecule has 1 aliphatic rings. The van der Waals surface area contributed by atoms with Crippen molar-refractivity contribution in [1.29, 1.82) is 0 Å². The van der Waals surface area contributed by atoms with E-state index in [0.717, 1.165) is 24.6 Å². The molecular weight excluding hydrogens is 354 g/mol. The van der Waals surface area contributed by atoms with Crippen molar-refractivity contribution in [2.75, 3.05) is 0 Å². The van der Waals surface area contributed by atoms with Crippen LogP contribution in [0.1, 0.15) is 36.0 Å². The monoisotopic (exact) mass is 374 g/mol. The number of ether oxygens (including phenoxy) is 1. The minimum absolute atomic E-state index is 0.0387. The third kappa shape index (κ3) is 3.65. The molecule has 0 spiro atoms. The van der Waals surface area contributed by atoms with E-state index in [0.29, 0.717) is 18.4 Å². The van der Waals surface area contributed by atoms with E-state index in [1.54, 1.807) is 16.9 Å².